The summed E-state index contributed by atoms with van der Waals surface area (Å²) in [7, 11) is 0. The predicted molar refractivity (Wildman–Crippen MR) is 406 cm³/mol. The van der Waals surface area contributed by atoms with Crippen molar-refractivity contribution in [2.45, 2.75) is 201 Å². The molecule has 26 rings (SSSR count). The van der Waals surface area contributed by atoms with Gasteiger partial charge in [-0.1, -0.05) is 92.6 Å². The zero-order valence-corrected chi connectivity index (χ0v) is 72.6. The van der Waals surface area contributed by atoms with E-state index in [2.05, 4.69) is 253 Å². The molecule has 16 aliphatic carbocycles. The molecule has 4 aromatic heterocycles. The Morgan fingerprint density at radius 3 is 0.925 bits per heavy atom. The Kier molecular flexibility index (Phi) is 22.9. The second-order valence-corrected chi connectivity index (χ2v) is 35.2. The third-order valence-electron chi connectivity index (χ3n) is 28.3. The van der Waals surface area contributed by atoms with Crippen LogP contribution in [0, 0.1) is 167 Å². The number of hydrogen-bond donors (Lipinski definition) is 0. The van der Waals surface area contributed by atoms with Gasteiger partial charge in [0.05, 0.1) is 23.3 Å². The number of aromatic nitrogens is 12. The van der Waals surface area contributed by atoms with Crippen LogP contribution in [0.2, 0.25) is 0 Å². The smallest absolute Gasteiger partial charge is 0.121 e. The van der Waals surface area contributed by atoms with Crippen molar-refractivity contribution in [2.75, 3.05) is 0 Å². The van der Waals surface area contributed by atoms with E-state index in [1.807, 2.05) is 6.07 Å². The first kappa shape index (κ1) is 76.8. The Hall–Kier alpha value is -5.52. The van der Waals surface area contributed by atoms with Gasteiger partial charge in [0.1, 0.15) is 23.3 Å². The molecule has 16 fully saturated rings. The quantitative estimate of drug-likeness (QED) is 0.124. The van der Waals surface area contributed by atoms with Crippen LogP contribution in [0.15, 0.2) is 127 Å². The summed E-state index contributed by atoms with van der Waals surface area (Å²) in [4.78, 5) is 0. The molecule has 0 N–H and O–H groups in total. The van der Waals surface area contributed by atoms with Crippen LogP contribution in [0.1, 0.15) is 193 Å². The maximum atomic E-state index is 4.64. The van der Waals surface area contributed by atoms with Crippen LogP contribution < -0.4 is 0 Å². The summed E-state index contributed by atoms with van der Waals surface area (Å²) < 4.78 is 9.90. The van der Waals surface area contributed by atoms with Crippen molar-refractivity contribution in [3.05, 3.63) is 192 Å². The van der Waals surface area contributed by atoms with Crippen molar-refractivity contribution in [3.8, 4) is 67.8 Å². The average molecular weight is 2130 g/mol. The third-order valence-corrected chi connectivity index (χ3v) is 28.3. The van der Waals surface area contributed by atoms with E-state index in [1.165, 1.54) is 167 Å². The molecule has 16 bridgehead atoms. The van der Waals surface area contributed by atoms with Crippen molar-refractivity contribution in [2.24, 2.45) is 94.7 Å². The van der Waals surface area contributed by atoms with E-state index in [0.717, 1.165) is 164 Å². The number of aryl methyl sites for hydroxylation is 7. The van der Waals surface area contributed by atoms with Crippen molar-refractivity contribution in [1.29, 1.82) is 0 Å². The number of hydrogen-bond acceptors (Lipinski definition) is 8. The predicted octanol–water partition coefficient (Wildman–Crippen LogP) is 20.5. The Bertz CT molecular complexity index is 4580. The average Bonchev–Trinajstić information content (AvgIpc) is 1.71. The van der Waals surface area contributed by atoms with Crippen LogP contribution in [0.4, 0.5) is 0 Å². The van der Waals surface area contributed by atoms with Gasteiger partial charge in [0.15, 0.2) is 0 Å². The SMILES string of the molecule is Cc1[c-]c(-c2nnc(C)n2C2C3CC4CC(C3)CC2C4)cc(C)c1.Cc1c[c-]c(-c2nnc(C)n2C2C3CC4CC(C3)CC2C4)cc1.Cc1nnc(-c2[c-]cc(-c3ccccc3)cc2)n1C1C2CC3CC(C2)CC1C3.Cc1nnc(-c2[c-]ccc(-c3ccccc3)c2)n1C1C2CC3CC(C2)CC1C3.[Ir].[Ir].[Ir].[Ir]. The van der Waals surface area contributed by atoms with Gasteiger partial charge in [-0.15, -0.1) is 156 Å². The van der Waals surface area contributed by atoms with Crippen LogP contribution in [0.25, 0.3) is 67.8 Å². The van der Waals surface area contributed by atoms with Gasteiger partial charge in [0.25, 0.3) is 0 Å². The summed E-state index contributed by atoms with van der Waals surface area (Å²) in [5.41, 5.74) is 12.9. The fraction of sp³-hybridized carbons (Fsp3) is 0.516. The molecule has 566 valence electrons. The van der Waals surface area contributed by atoms with E-state index in [1.54, 1.807) is 0 Å². The molecule has 107 heavy (non-hydrogen) atoms. The second-order valence-electron chi connectivity index (χ2n) is 35.2. The van der Waals surface area contributed by atoms with Gasteiger partial charge < -0.3 is 18.3 Å². The van der Waals surface area contributed by atoms with Crippen LogP contribution in [-0.4, -0.2) is 59.1 Å². The maximum absolute atomic E-state index is 4.64. The standard InChI is InChI=1S/2C25H26N3.C21H26N3.C20H24N3.4Ir/c1-16-26-27-25(21-9-5-8-20(15-21)19-6-3-2-4-7-19)28(16)24-22-11-17-10-18(13-22)14-23(24)12-17;1-16-26-27-25(21-9-7-20(8-10-21)19-5-3-2-4-6-19)28(16)24-22-12-17-11-18(14-22)15-23(24)13-17;1-12-4-13(2)6-19(5-12)21-23-22-14(3)24(21)20-17-8-15-7-16(10-17)11-18(20)9-15;1-12-3-5-16(6-4-12)20-22-21-13(2)23(20)19-17-8-14-7-15(10-17)11-18(19)9-14;;;;/h2-8,15,17-18,22-24H,10-14H2,1H3;2-9,17-18,22-24H,11-15H2,1H3;4-5,15-18,20H,7-11H2,1-3H3;3-5,14-15,17-19H,7-11H2,1-2H3;;;;/q4*-1;;;;. The maximum Gasteiger partial charge on any atom is 0.121 e. The Morgan fingerprint density at radius 2 is 0.598 bits per heavy atom. The molecular formula is C91H102Ir4N12-4. The number of nitrogens with zero attached hydrogens (tertiary/aromatic N) is 12. The molecular weight excluding hydrogens is 2030 g/mol. The molecule has 0 aliphatic heterocycles. The summed E-state index contributed by atoms with van der Waals surface area (Å²) in [6.45, 7) is 14.9. The Morgan fingerprint density at radius 1 is 0.271 bits per heavy atom. The fourth-order valence-electron chi connectivity index (χ4n) is 25.3. The van der Waals surface area contributed by atoms with Crippen molar-refractivity contribution < 1.29 is 80.4 Å². The summed E-state index contributed by atoms with van der Waals surface area (Å²) in [6, 6.07) is 60.9. The monoisotopic (exact) mass is 2130 g/mol. The largest absolute Gasteiger partial charge is 0.348 e. The number of rotatable bonds is 10. The van der Waals surface area contributed by atoms with Crippen LogP contribution in [0.3, 0.4) is 0 Å². The minimum Gasteiger partial charge on any atom is -0.348 e. The molecule has 0 spiro atoms. The second kappa shape index (κ2) is 31.9. The minimum absolute atomic E-state index is 0. The van der Waals surface area contributed by atoms with E-state index < -0.39 is 0 Å². The first-order valence-corrected chi connectivity index (χ1v) is 40.1. The molecule has 0 amide bonds. The van der Waals surface area contributed by atoms with Crippen LogP contribution >= 0.6 is 0 Å². The van der Waals surface area contributed by atoms with E-state index in [9.17, 15) is 0 Å². The third kappa shape index (κ3) is 14.8. The van der Waals surface area contributed by atoms with E-state index >= 15 is 0 Å². The summed E-state index contributed by atoms with van der Waals surface area (Å²) in [6.07, 6.45) is 28.6. The van der Waals surface area contributed by atoms with Gasteiger partial charge in [-0.25, -0.2) is 0 Å². The molecule has 16 aliphatic rings. The van der Waals surface area contributed by atoms with Crippen molar-refractivity contribution >= 4 is 0 Å². The van der Waals surface area contributed by atoms with Crippen molar-refractivity contribution in [1.82, 2.24) is 59.1 Å². The molecule has 12 nitrogen and oxygen atoms in total. The first-order valence-electron chi connectivity index (χ1n) is 40.1. The molecule has 0 atom stereocenters. The summed E-state index contributed by atoms with van der Waals surface area (Å²) in [5, 5.41) is 36.3. The molecule has 0 saturated heterocycles. The van der Waals surface area contributed by atoms with Gasteiger partial charge in [-0.05, 0) is 256 Å². The van der Waals surface area contributed by atoms with Crippen LogP contribution in [-0.2, 0) is 80.4 Å². The number of benzene rings is 6. The topological polar surface area (TPSA) is 123 Å². The summed E-state index contributed by atoms with van der Waals surface area (Å²) >= 11 is 0. The van der Waals surface area contributed by atoms with Gasteiger partial charge in [0.2, 0.25) is 0 Å². The van der Waals surface area contributed by atoms with Gasteiger partial charge in [-0.3, -0.25) is 0 Å². The minimum atomic E-state index is 0. The first-order chi connectivity index (χ1) is 50.3. The van der Waals surface area contributed by atoms with E-state index in [4.69, 9.17) is 0 Å². The molecule has 16 heteroatoms. The molecule has 10 aromatic rings. The molecule has 0 unspecified atom stereocenters. The van der Waals surface area contributed by atoms with E-state index in [0.29, 0.717) is 24.2 Å². The fourth-order valence-corrected chi connectivity index (χ4v) is 25.3. The Balaban J connectivity index is 0.000000113. The Labute approximate surface area is 688 Å². The van der Waals surface area contributed by atoms with Gasteiger partial charge in [-0.2, -0.15) is 20.4 Å². The zero-order chi connectivity index (χ0) is 69.3. The molecule has 6 aromatic carbocycles. The van der Waals surface area contributed by atoms with Crippen LogP contribution in [0.5, 0.6) is 0 Å². The molecule has 16 saturated carbocycles. The van der Waals surface area contributed by atoms with Gasteiger partial charge >= 0.3 is 0 Å². The normalized spacial score (nSPS) is 31.2. The van der Waals surface area contributed by atoms with Crippen molar-refractivity contribution in [3.63, 3.8) is 0 Å². The zero-order valence-electron chi connectivity index (χ0n) is 63.0. The molecule has 4 radical (unpaired) electrons. The van der Waals surface area contributed by atoms with E-state index in [-0.39, 0.29) is 80.4 Å². The molecule has 4 heterocycles. The van der Waals surface area contributed by atoms with Gasteiger partial charge in [0, 0.05) is 105 Å². The summed E-state index contributed by atoms with van der Waals surface area (Å²) in [5.74, 6) is 22.9.